The van der Waals surface area contributed by atoms with Crippen molar-refractivity contribution in [2.45, 2.75) is 24.0 Å². The smallest absolute Gasteiger partial charge is 0.257 e. The fourth-order valence-electron chi connectivity index (χ4n) is 2.16. The van der Waals surface area contributed by atoms with Gasteiger partial charge in [-0.3, -0.25) is 4.79 Å². The Bertz CT molecular complexity index is 863. The molecule has 2 aromatic carbocycles. The molecule has 2 rings (SSSR count). The Balaban J connectivity index is 2.45. The SMILES string of the molecule is COc1c(Cl)cccc1NC(=O)c1ccccc1S(=O)(=O)C(C)C. The van der Waals surface area contributed by atoms with Crippen LogP contribution in [0.4, 0.5) is 5.69 Å². The van der Waals surface area contributed by atoms with E-state index in [4.69, 9.17) is 16.3 Å². The van der Waals surface area contributed by atoms with E-state index in [0.717, 1.165) is 0 Å². The van der Waals surface area contributed by atoms with Gasteiger partial charge in [0.25, 0.3) is 5.91 Å². The Morgan fingerprint density at radius 3 is 2.42 bits per heavy atom. The first-order chi connectivity index (χ1) is 11.3. The van der Waals surface area contributed by atoms with Gasteiger partial charge in [-0.15, -0.1) is 0 Å². The van der Waals surface area contributed by atoms with Gasteiger partial charge in [-0.2, -0.15) is 0 Å². The van der Waals surface area contributed by atoms with Crippen molar-refractivity contribution in [2.24, 2.45) is 0 Å². The predicted octanol–water partition coefficient (Wildman–Crippen LogP) is 3.78. The topological polar surface area (TPSA) is 72.5 Å². The van der Waals surface area contributed by atoms with Crippen molar-refractivity contribution < 1.29 is 17.9 Å². The average molecular weight is 368 g/mol. The second kappa shape index (κ2) is 7.23. The van der Waals surface area contributed by atoms with Crippen LogP contribution in [0.5, 0.6) is 5.75 Å². The lowest BCUT2D eigenvalue weighted by molar-refractivity contribution is 0.102. The highest BCUT2D eigenvalue weighted by atomic mass is 35.5. The molecule has 24 heavy (non-hydrogen) atoms. The van der Waals surface area contributed by atoms with Crippen LogP contribution in [0.1, 0.15) is 24.2 Å². The number of methoxy groups -OCH3 is 1. The molecule has 0 spiro atoms. The average Bonchev–Trinajstić information content (AvgIpc) is 2.55. The van der Waals surface area contributed by atoms with Crippen LogP contribution < -0.4 is 10.1 Å². The first kappa shape index (κ1) is 18.3. The largest absolute Gasteiger partial charge is 0.493 e. The molecule has 0 saturated carbocycles. The third-order valence-electron chi connectivity index (χ3n) is 3.48. The molecule has 1 N–H and O–H groups in total. The summed E-state index contributed by atoms with van der Waals surface area (Å²) >= 11 is 6.03. The second-order valence-corrected chi connectivity index (χ2v) is 8.24. The zero-order chi connectivity index (χ0) is 17.9. The summed E-state index contributed by atoms with van der Waals surface area (Å²) in [6.45, 7) is 3.15. The van der Waals surface area contributed by atoms with Crippen molar-refractivity contribution in [3.8, 4) is 5.75 Å². The number of ether oxygens (including phenoxy) is 1. The van der Waals surface area contributed by atoms with Crippen LogP contribution in [0.25, 0.3) is 0 Å². The molecule has 0 radical (unpaired) electrons. The molecular formula is C17H18ClNO4S. The number of anilines is 1. The molecule has 0 aromatic heterocycles. The first-order valence-corrected chi connectivity index (χ1v) is 9.18. The zero-order valence-corrected chi connectivity index (χ0v) is 15.1. The number of hydrogen-bond acceptors (Lipinski definition) is 4. The highest BCUT2D eigenvalue weighted by molar-refractivity contribution is 7.92. The minimum absolute atomic E-state index is 0.00139. The summed E-state index contributed by atoms with van der Waals surface area (Å²) in [5, 5.41) is 2.37. The molecule has 7 heteroatoms. The monoisotopic (exact) mass is 367 g/mol. The van der Waals surface area contributed by atoms with Crippen molar-refractivity contribution in [1.82, 2.24) is 0 Å². The van der Waals surface area contributed by atoms with Crippen molar-refractivity contribution >= 4 is 33.0 Å². The van der Waals surface area contributed by atoms with Crippen LogP contribution in [0.2, 0.25) is 5.02 Å². The minimum atomic E-state index is -3.59. The number of sulfone groups is 1. The maximum absolute atomic E-state index is 12.6. The van der Waals surface area contributed by atoms with E-state index in [-0.39, 0.29) is 10.5 Å². The van der Waals surface area contributed by atoms with Crippen molar-refractivity contribution in [3.63, 3.8) is 0 Å². The summed E-state index contributed by atoms with van der Waals surface area (Å²) in [4.78, 5) is 12.6. The molecule has 0 aliphatic heterocycles. The van der Waals surface area contributed by atoms with Crippen molar-refractivity contribution in [1.29, 1.82) is 0 Å². The molecule has 0 aliphatic rings. The van der Waals surface area contributed by atoms with Gasteiger partial charge in [-0.05, 0) is 38.1 Å². The van der Waals surface area contributed by atoms with Crippen LogP contribution in [0.3, 0.4) is 0 Å². The summed E-state index contributed by atoms with van der Waals surface area (Å²) in [5.74, 6) is -0.230. The standard InChI is InChI=1S/C17H18ClNO4S/c1-11(2)24(21,22)15-10-5-4-7-12(15)17(20)19-14-9-6-8-13(18)16(14)23-3/h4-11H,1-3H3,(H,19,20). The van der Waals surface area contributed by atoms with E-state index in [9.17, 15) is 13.2 Å². The molecule has 0 bridgehead atoms. The Labute approximate surface area is 146 Å². The van der Waals surface area contributed by atoms with Gasteiger partial charge in [-0.25, -0.2) is 8.42 Å². The number of carbonyl (C=O) groups is 1. The number of hydrogen-bond donors (Lipinski definition) is 1. The van der Waals surface area contributed by atoms with Crippen LogP contribution >= 0.6 is 11.6 Å². The fourth-order valence-corrected chi connectivity index (χ4v) is 3.66. The van der Waals surface area contributed by atoms with E-state index >= 15 is 0 Å². The number of nitrogens with one attached hydrogen (secondary N) is 1. The first-order valence-electron chi connectivity index (χ1n) is 7.25. The quantitative estimate of drug-likeness (QED) is 0.872. The zero-order valence-electron chi connectivity index (χ0n) is 13.5. The van der Waals surface area contributed by atoms with Crippen LogP contribution in [0.15, 0.2) is 47.4 Å². The van der Waals surface area contributed by atoms with Gasteiger partial charge < -0.3 is 10.1 Å². The Kier molecular flexibility index (Phi) is 5.51. The molecule has 5 nitrogen and oxygen atoms in total. The Hall–Kier alpha value is -2.05. The van der Waals surface area contributed by atoms with Gasteiger partial charge >= 0.3 is 0 Å². The lowest BCUT2D eigenvalue weighted by Gasteiger charge is -2.14. The summed E-state index contributed by atoms with van der Waals surface area (Å²) < 4.78 is 30.1. The molecule has 0 atom stereocenters. The molecule has 0 unspecified atom stereocenters. The molecule has 1 amide bonds. The molecular weight excluding hydrogens is 350 g/mol. The Morgan fingerprint density at radius 1 is 1.12 bits per heavy atom. The fraction of sp³-hybridized carbons (Fsp3) is 0.235. The maximum Gasteiger partial charge on any atom is 0.257 e. The van der Waals surface area contributed by atoms with Gasteiger partial charge in [0.2, 0.25) is 0 Å². The lowest BCUT2D eigenvalue weighted by Crippen LogP contribution is -2.21. The maximum atomic E-state index is 12.6. The summed E-state index contributed by atoms with van der Waals surface area (Å²) in [7, 11) is -2.15. The number of rotatable bonds is 5. The van der Waals surface area contributed by atoms with Gasteiger partial charge in [0.05, 0.1) is 33.5 Å². The third kappa shape index (κ3) is 3.55. The van der Waals surface area contributed by atoms with E-state index in [1.54, 1.807) is 44.2 Å². The van der Waals surface area contributed by atoms with Crippen LogP contribution in [-0.2, 0) is 9.84 Å². The molecule has 2 aromatic rings. The highest BCUT2D eigenvalue weighted by Gasteiger charge is 2.25. The van der Waals surface area contributed by atoms with Crippen LogP contribution in [-0.4, -0.2) is 26.7 Å². The number of benzene rings is 2. The van der Waals surface area contributed by atoms with Gasteiger partial charge in [0, 0.05) is 0 Å². The summed E-state index contributed by atoms with van der Waals surface area (Å²) in [6.07, 6.45) is 0. The number of carbonyl (C=O) groups excluding carboxylic acids is 1. The third-order valence-corrected chi connectivity index (χ3v) is 5.99. The van der Waals surface area contributed by atoms with E-state index in [0.29, 0.717) is 16.5 Å². The number of amides is 1. The van der Waals surface area contributed by atoms with E-state index in [1.165, 1.54) is 19.2 Å². The van der Waals surface area contributed by atoms with Crippen molar-refractivity contribution in [2.75, 3.05) is 12.4 Å². The molecule has 0 fully saturated rings. The molecule has 0 heterocycles. The number of para-hydroxylation sites is 1. The van der Waals surface area contributed by atoms with Gasteiger partial charge in [0.15, 0.2) is 15.6 Å². The predicted molar refractivity (Wildman–Crippen MR) is 94.7 cm³/mol. The highest BCUT2D eigenvalue weighted by Crippen LogP contribution is 2.33. The van der Waals surface area contributed by atoms with E-state index < -0.39 is 21.0 Å². The molecule has 128 valence electrons. The number of halogens is 1. The van der Waals surface area contributed by atoms with Crippen molar-refractivity contribution in [3.05, 3.63) is 53.1 Å². The van der Waals surface area contributed by atoms with Crippen LogP contribution in [0, 0.1) is 0 Å². The van der Waals surface area contributed by atoms with E-state index in [2.05, 4.69) is 5.32 Å². The summed E-state index contributed by atoms with van der Waals surface area (Å²) in [6, 6.07) is 11.0. The normalized spacial score (nSPS) is 11.4. The molecule has 0 saturated heterocycles. The van der Waals surface area contributed by atoms with Gasteiger partial charge in [-0.1, -0.05) is 29.8 Å². The van der Waals surface area contributed by atoms with E-state index in [1.807, 2.05) is 0 Å². The Morgan fingerprint density at radius 2 is 1.79 bits per heavy atom. The minimum Gasteiger partial charge on any atom is -0.493 e. The van der Waals surface area contributed by atoms with Gasteiger partial charge in [0.1, 0.15) is 0 Å². The molecule has 0 aliphatic carbocycles. The second-order valence-electron chi connectivity index (χ2n) is 5.36. The lowest BCUT2D eigenvalue weighted by atomic mass is 10.2. The summed E-state index contributed by atoms with van der Waals surface area (Å²) in [5.41, 5.74) is 0.444.